The fraction of sp³-hybridized carbons (Fsp3) is 0.429. The van der Waals surface area contributed by atoms with Crippen molar-refractivity contribution in [2.24, 2.45) is 0 Å². The van der Waals surface area contributed by atoms with Gasteiger partial charge in [0.05, 0.1) is 0 Å². The second-order valence-electron chi connectivity index (χ2n) is 4.49. The summed E-state index contributed by atoms with van der Waals surface area (Å²) in [6, 6.07) is 11.4. The molecule has 92 valence electrons. The Kier molecular flexibility index (Phi) is 4.15. The first kappa shape index (κ1) is 12.6. The number of aliphatic hydroxyl groups is 1. The summed E-state index contributed by atoms with van der Waals surface area (Å²) in [5.41, 5.74) is 0. The van der Waals surface area contributed by atoms with E-state index >= 15 is 0 Å². The summed E-state index contributed by atoms with van der Waals surface area (Å²) >= 11 is 1.84. The molecule has 17 heavy (non-hydrogen) atoms. The highest BCUT2D eigenvalue weighted by molar-refractivity contribution is 7.19. The minimum Gasteiger partial charge on any atom is -0.396 e. The Labute approximate surface area is 106 Å². The fourth-order valence-corrected chi connectivity index (χ4v) is 3.08. The molecule has 0 aliphatic rings. The third kappa shape index (κ3) is 3.06. The van der Waals surface area contributed by atoms with Crippen LogP contribution in [0.25, 0.3) is 10.1 Å². The highest BCUT2D eigenvalue weighted by atomic mass is 32.1. The summed E-state index contributed by atoms with van der Waals surface area (Å²) in [5.74, 6) is 0. The van der Waals surface area contributed by atoms with Crippen molar-refractivity contribution in [3.63, 3.8) is 0 Å². The Morgan fingerprint density at radius 1 is 1.29 bits per heavy atom. The molecule has 1 heterocycles. The Balaban J connectivity index is 2.10. The molecule has 0 fully saturated rings. The Hall–Kier alpha value is -0.900. The van der Waals surface area contributed by atoms with Gasteiger partial charge in [0.15, 0.2) is 0 Å². The van der Waals surface area contributed by atoms with E-state index in [-0.39, 0.29) is 6.61 Å². The van der Waals surface area contributed by atoms with Crippen molar-refractivity contribution < 1.29 is 5.11 Å². The van der Waals surface area contributed by atoms with E-state index in [2.05, 4.69) is 49.5 Å². The normalized spacial score (nSPS) is 15.0. The van der Waals surface area contributed by atoms with Gasteiger partial charge in [-0.2, -0.15) is 0 Å². The number of aliphatic hydroxyl groups excluding tert-OH is 1. The van der Waals surface area contributed by atoms with E-state index in [4.69, 9.17) is 5.11 Å². The van der Waals surface area contributed by atoms with Crippen LogP contribution in [0.3, 0.4) is 0 Å². The predicted molar refractivity (Wildman–Crippen MR) is 74.5 cm³/mol. The summed E-state index contributed by atoms with van der Waals surface area (Å²) in [7, 11) is 0. The molecule has 2 rings (SSSR count). The first-order chi connectivity index (χ1) is 8.20. The van der Waals surface area contributed by atoms with E-state index in [1.165, 1.54) is 15.0 Å². The van der Waals surface area contributed by atoms with Crippen LogP contribution in [0, 0.1) is 0 Å². The van der Waals surface area contributed by atoms with Crippen LogP contribution in [0.5, 0.6) is 0 Å². The van der Waals surface area contributed by atoms with Crippen LogP contribution in [0.4, 0.5) is 0 Å². The van der Waals surface area contributed by atoms with Crippen molar-refractivity contribution >= 4 is 21.4 Å². The summed E-state index contributed by atoms with van der Waals surface area (Å²) in [6.07, 6.45) is 0.801. The molecule has 0 amide bonds. The van der Waals surface area contributed by atoms with Gasteiger partial charge in [-0.15, -0.1) is 11.3 Å². The number of hydrogen-bond donors (Lipinski definition) is 2. The van der Waals surface area contributed by atoms with Gasteiger partial charge in [0.1, 0.15) is 0 Å². The Bertz CT molecular complexity index is 447. The van der Waals surface area contributed by atoms with Gasteiger partial charge in [0, 0.05) is 28.3 Å². The van der Waals surface area contributed by atoms with Crippen LogP contribution in [-0.2, 0) is 0 Å². The SMILES string of the molecule is CC(CCO)NC(C)c1cc2ccccc2s1. The first-order valence-electron chi connectivity index (χ1n) is 6.06. The fourth-order valence-electron chi connectivity index (χ4n) is 2.00. The van der Waals surface area contributed by atoms with Crippen molar-refractivity contribution in [3.05, 3.63) is 35.2 Å². The molecule has 2 nitrogen and oxygen atoms in total. The lowest BCUT2D eigenvalue weighted by molar-refractivity contribution is 0.265. The number of benzene rings is 1. The van der Waals surface area contributed by atoms with E-state index < -0.39 is 0 Å². The highest BCUT2D eigenvalue weighted by Crippen LogP contribution is 2.29. The van der Waals surface area contributed by atoms with Gasteiger partial charge in [-0.05, 0) is 37.8 Å². The summed E-state index contributed by atoms with van der Waals surface area (Å²) in [6.45, 7) is 4.53. The van der Waals surface area contributed by atoms with Gasteiger partial charge >= 0.3 is 0 Å². The lowest BCUT2D eigenvalue weighted by Crippen LogP contribution is -2.29. The first-order valence-corrected chi connectivity index (χ1v) is 6.87. The molecular weight excluding hydrogens is 230 g/mol. The maximum atomic E-state index is 8.90. The maximum Gasteiger partial charge on any atom is 0.0445 e. The van der Waals surface area contributed by atoms with Crippen LogP contribution in [0.1, 0.15) is 31.2 Å². The van der Waals surface area contributed by atoms with Crippen LogP contribution >= 0.6 is 11.3 Å². The molecule has 0 bridgehead atoms. The van der Waals surface area contributed by atoms with E-state index in [1.807, 2.05) is 11.3 Å². The van der Waals surface area contributed by atoms with Crippen molar-refractivity contribution in [2.45, 2.75) is 32.4 Å². The van der Waals surface area contributed by atoms with Crippen LogP contribution < -0.4 is 5.32 Å². The van der Waals surface area contributed by atoms with E-state index in [0.29, 0.717) is 12.1 Å². The van der Waals surface area contributed by atoms with Crippen LogP contribution in [0.15, 0.2) is 30.3 Å². The maximum absolute atomic E-state index is 8.90. The van der Waals surface area contributed by atoms with Gasteiger partial charge < -0.3 is 10.4 Å². The molecule has 2 N–H and O–H groups in total. The minimum absolute atomic E-state index is 0.243. The lowest BCUT2D eigenvalue weighted by Gasteiger charge is -2.18. The number of hydrogen-bond acceptors (Lipinski definition) is 3. The smallest absolute Gasteiger partial charge is 0.0445 e. The molecule has 0 spiro atoms. The second-order valence-corrected chi connectivity index (χ2v) is 5.60. The van der Waals surface area contributed by atoms with Crippen molar-refractivity contribution in [1.29, 1.82) is 0 Å². The molecule has 0 aliphatic heterocycles. The van der Waals surface area contributed by atoms with Crippen molar-refractivity contribution in [1.82, 2.24) is 5.32 Å². The molecule has 0 saturated carbocycles. The van der Waals surface area contributed by atoms with Crippen molar-refractivity contribution in [2.75, 3.05) is 6.61 Å². The third-order valence-corrected chi connectivity index (χ3v) is 4.27. The summed E-state index contributed by atoms with van der Waals surface area (Å²) in [5, 5.41) is 13.7. The number of thiophene rings is 1. The van der Waals surface area contributed by atoms with Gasteiger partial charge in [-0.3, -0.25) is 0 Å². The molecule has 0 saturated heterocycles. The van der Waals surface area contributed by atoms with Crippen molar-refractivity contribution in [3.8, 4) is 0 Å². The standard InChI is InChI=1S/C14H19NOS/c1-10(7-8-16)15-11(2)14-9-12-5-3-4-6-13(12)17-14/h3-6,9-11,15-16H,7-8H2,1-2H3. The van der Waals surface area contributed by atoms with E-state index in [0.717, 1.165) is 6.42 Å². The average molecular weight is 249 g/mol. The molecule has 0 radical (unpaired) electrons. The van der Waals surface area contributed by atoms with Crippen LogP contribution in [0.2, 0.25) is 0 Å². The van der Waals surface area contributed by atoms with Gasteiger partial charge in [-0.1, -0.05) is 18.2 Å². The van der Waals surface area contributed by atoms with Crippen LogP contribution in [-0.4, -0.2) is 17.8 Å². The highest BCUT2D eigenvalue weighted by Gasteiger charge is 2.11. The minimum atomic E-state index is 0.243. The number of fused-ring (bicyclic) bond motifs is 1. The molecule has 2 atom stereocenters. The quantitative estimate of drug-likeness (QED) is 0.852. The van der Waals surface area contributed by atoms with Gasteiger partial charge in [0.25, 0.3) is 0 Å². The monoisotopic (exact) mass is 249 g/mol. The number of rotatable bonds is 5. The predicted octanol–water partition coefficient (Wildman–Crippen LogP) is 3.32. The zero-order chi connectivity index (χ0) is 12.3. The van der Waals surface area contributed by atoms with E-state index in [1.54, 1.807) is 0 Å². The molecular formula is C14H19NOS. The molecule has 1 aromatic heterocycles. The molecule has 1 aromatic carbocycles. The largest absolute Gasteiger partial charge is 0.396 e. The third-order valence-electron chi connectivity index (χ3n) is 2.97. The topological polar surface area (TPSA) is 32.3 Å². The van der Waals surface area contributed by atoms with E-state index in [9.17, 15) is 0 Å². The molecule has 3 heteroatoms. The van der Waals surface area contributed by atoms with Gasteiger partial charge in [0.2, 0.25) is 0 Å². The zero-order valence-corrected chi connectivity index (χ0v) is 11.1. The summed E-state index contributed by atoms with van der Waals surface area (Å²) < 4.78 is 1.34. The summed E-state index contributed by atoms with van der Waals surface area (Å²) in [4.78, 5) is 1.36. The molecule has 2 unspecified atom stereocenters. The second kappa shape index (κ2) is 5.63. The average Bonchev–Trinajstić information content (AvgIpc) is 2.72. The lowest BCUT2D eigenvalue weighted by atomic mass is 10.2. The zero-order valence-electron chi connectivity index (χ0n) is 10.3. The Morgan fingerprint density at radius 3 is 2.76 bits per heavy atom. The van der Waals surface area contributed by atoms with Gasteiger partial charge in [-0.25, -0.2) is 0 Å². The molecule has 0 aliphatic carbocycles. The Morgan fingerprint density at radius 2 is 2.06 bits per heavy atom. The number of nitrogens with one attached hydrogen (secondary N) is 1. The molecule has 2 aromatic rings.